The zero-order valence-corrected chi connectivity index (χ0v) is 13.7. The fourth-order valence-electron chi connectivity index (χ4n) is 1.54. The molecule has 118 valence electrons. The van der Waals surface area contributed by atoms with Gasteiger partial charge in [-0.2, -0.15) is 0 Å². The SMILES string of the molecule is CCOC(=O)c1nc(C(=O)NCC(C)(C)CCOC)cs1. The van der Waals surface area contributed by atoms with Crippen molar-refractivity contribution >= 4 is 23.2 Å². The second kappa shape index (κ2) is 8.09. The van der Waals surface area contributed by atoms with Crippen LogP contribution >= 0.6 is 11.3 Å². The van der Waals surface area contributed by atoms with Crippen LogP contribution in [0.15, 0.2) is 5.38 Å². The van der Waals surface area contributed by atoms with Crippen molar-refractivity contribution in [3.63, 3.8) is 0 Å². The molecule has 1 rings (SSSR count). The Balaban J connectivity index is 2.54. The fourth-order valence-corrected chi connectivity index (χ4v) is 2.23. The highest BCUT2D eigenvalue weighted by molar-refractivity contribution is 7.11. The lowest BCUT2D eigenvalue weighted by Gasteiger charge is -2.24. The van der Waals surface area contributed by atoms with Crippen molar-refractivity contribution in [2.75, 3.05) is 26.9 Å². The van der Waals surface area contributed by atoms with E-state index in [2.05, 4.69) is 24.1 Å². The number of hydrogen-bond acceptors (Lipinski definition) is 6. The maximum absolute atomic E-state index is 12.0. The summed E-state index contributed by atoms with van der Waals surface area (Å²) in [6.45, 7) is 7.28. The molecule has 6 nitrogen and oxygen atoms in total. The lowest BCUT2D eigenvalue weighted by molar-refractivity contribution is 0.0526. The molecule has 0 aromatic carbocycles. The van der Waals surface area contributed by atoms with Gasteiger partial charge in [-0.25, -0.2) is 9.78 Å². The van der Waals surface area contributed by atoms with Crippen molar-refractivity contribution in [3.8, 4) is 0 Å². The predicted molar refractivity (Wildman–Crippen MR) is 80.7 cm³/mol. The van der Waals surface area contributed by atoms with Crippen LogP contribution in [0.25, 0.3) is 0 Å². The Hall–Kier alpha value is -1.47. The zero-order chi connectivity index (χ0) is 15.9. The van der Waals surface area contributed by atoms with Gasteiger partial charge in [0.2, 0.25) is 5.01 Å². The van der Waals surface area contributed by atoms with E-state index in [9.17, 15) is 9.59 Å². The highest BCUT2D eigenvalue weighted by Crippen LogP contribution is 2.19. The number of methoxy groups -OCH3 is 1. The standard InChI is InChI=1S/C14H22N2O4S/c1-5-20-13(18)12-16-10(8-21-12)11(17)15-9-14(2,3)6-7-19-4/h8H,5-7,9H2,1-4H3,(H,15,17). The molecule has 0 bridgehead atoms. The molecule has 0 radical (unpaired) electrons. The summed E-state index contributed by atoms with van der Waals surface area (Å²) >= 11 is 1.11. The predicted octanol–water partition coefficient (Wildman–Crippen LogP) is 2.11. The van der Waals surface area contributed by atoms with E-state index in [0.717, 1.165) is 17.8 Å². The Morgan fingerprint density at radius 2 is 2.14 bits per heavy atom. The van der Waals surface area contributed by atoms with Gasteiger partial charge in [-0.1, -0.05) is 13.8 Å². The van der Waals surface area contributed by atoms with Crippen molar-refractivity contribution in [1.29, 1.82) is 0 Å². The van der Waals surface area contributed by atoms with Gasteiger partial charge in [0.05, 0.1) is 6.61 Å². The van der Waals surface area contributed by atoms with Gasteiger partial charge in [0, 0.05) is 25.6 Å². The average Bonchev–Trinajstić information content (AvgIpc) is 2.93. The number of thiazole rings is 1. The number of nitrogens with zero attached hydrogens (tertiary/aromatic N) is 1. The fraction of sp³-hybridized carbons (Fsp3) is 0.643. The number of hydrogen-bond donors (Lipinski definition) is 1. The first kappa shape index (κ1) is 17.6. The Bertz CT molecular complexity index is 485. The van der Waals surface area contributed by atoms with E-state index in [1.54, 1.807) is 19.4 Å². The van der Waals surface area contributed by atoms with E-state index in [1.165, 1.54) is 0 Å². The lowest BCUT2D eigenvalue weighted by Crippen LogP contribution is -2.34. The number of carbonyl (C=O) groups excluding carboxylic acids is 2. The van der Waals surface area contributed by atoms with Crippen LogP contribution in [0.2, 0.25) is 0 Å². The Labute approximate surface area is 128 Å². The minimum absolute atomic E-state index is 0.0638. The summed E-state index contributed by atoms with van der Waals surface area (Å²) in [4.78, 5) is 27.5. The maximum Gasteiger partial charge on any atom is 0.367 e. The zero-order valence-electron chi connectivity index (χ0n) is 12.9. The summed E-state index contributed by atoms with van der Waals surface area (Å²) in [5.74, 6) is -0.783. The number of carbonyl (C=O) groups is 2. The van der Waals surface area contributed by atoms with Crippen LogP contribution < -0.4 is 5.32 Å². The third-order valence-electron chi connectivity index (χ3n) is 2.90. The Morgan fingerprint density at radius 1 is 1.43 bits per heavy atom. The van der Waals surface area contributed by atoms with Crippen molar-refractivity contribution in [1.82, 2.24) is 10.3 Å². The van der Waals surface area contributed by atoms with Crippen LogP contribution in [0.3, 0.4) is 0 Å². The number of amides is 1. The number of ether oxygens (including phenoxy) is 2. The lowest BCUT2D eigenvalue weighted by atomic mass is 9.90. The van der Waals surface area contributed by atoms with Crippen molar-refractivity contribution in [2.45, 2.75) is 27.2 Å². The minimum atomic E-state index is -0.498. The molecule has 0 aliphatic rings. The first-order valence-electron chi connectivity index (χ1n) is 6.79. The largest absolute Gasteiger partial charge is 0.461 e. The van der Waals surface area contributed by atoms with Crippen molar-refractivity contribution in [3.05, 3.63) is 16.1 Å². The molecule has 0 unspecified atom stereocenters. The molecule has 1 aromatic rings. The average molecular weight is 314 g/mol. The smallest absolute Gasteiger partial charge is 0.367 e. The molecule has 0 fully saturated rings. The van der Waals surface area contributed by atoms with Crippen molar-refractivity contribution < 1.29 is 19.1 Å². The molecule has 7 heteroatoms. The molecule has 1 amide bonds. The molecule has 1 aromatic heterocycles. The second-order valence-corrected chi connectivity index (χ2v) is 6.21. The molecule has 0 aliphatic carbocycles. The summed E-state index contributed by atoms with van der Waals surface area (Å²) in [5, 5.41) is 4.58. The Morgan fingerprint density at radius 3 is 2.76 bits per heavy atom. The van der Waals surface area contributed by atoms with Crippen molar-refractivity contribution in [2.24, 2.45) is 5.41 Å². The van der Waals surface area contributed by atoms with Gasteiger partial charge in [0.15, 0.2) is 0 Å². The Kier molecular flexibility index (Phi) is 6.77. The topological polar surface area (TPSA) is 77.5 Å². The quantitative estimate of drug-likeness (QED) is 0.744. The highest BCUT2D eigenvalue weighted by atomic mass is 32.1. The first-order valence-corrected chi connectivity index (χ1v) is 7.67. The summed E-state index contributed by atoms with van der Waals surface area (Å²) in [5.41, 5.74) is 0.177. The molecule has 0 aliphatic heterocycles. The molecule has 1 heterocycles. The maximum atomic E-state index is 12.0. The van der Waals surface area contributed by atoms with Crippen LogP contribution in [0.4, 0.5) is 0 Å². The molecule has 21 heavy (non-hydrogen) atoms. The molecular formula is C14H22N2O4S. The molecule has 0 saturated heterocycles. The van der Waals surface area contributed by atoms with E-state index < -0.39 is 5.97 Å². The third kappa shape index (κ3) is 5.81. The van der Waals surface area contributed by atoms with Gasteiger partial charge in [0.25, 0.3) is 5.91 Å². The first-order chi connectivity index (χ1) is 9.89. The van der Waals surface area contributed by atoms with Crippen LogP contribution in [0, 0.1) is 5.41 Å². The number of aromatic nitrogens is 1. The van der Waals surface area contributed by atoms with Gasteiger partial charge in [-0.3, -0.25) is 4.79 Å². The molecule has 1 N–H and O–H groups in total. The van der Waals surface area contributed by atoms with Gasteiger partial charge < -0.3 is 14.8 Å². The monoisotopic (exact) mass is 314 g/mol. The van der Waals surface area contributed by atoms with Gasteiger partial charge in [-0.15, -0.1) is 11.3 Å². The summed E-state index contributed by atoms with van der Waals surface area (Å²) in [6.07, 6.45) is 0.842. The van der Waals surface area contributed by atoms with Crippen LogP contribution in [0.1, 0.15) is 47.5 Å². The second-order valence-electron chi connectivity index (χ2n) is 5.35. The third-order valence-corrected chi connectivity index (χ3v) is 3.72. The number of rotatable bonds is 8. The molecule has 0 atom stereocenters. The van der Waals surface area contributed by atoms with E-state index >= 15 is 0 Å². The van der Waals surface area contributed by atoms with Gasteiger partial charge >= 0.3 is 5.97 Å². The summed E-state index contributed by atoms with van der Waals surface area (Å²) in [7, 11) is 1.65. The highest BCUT2D eigenvalue weighted by Gasteiger charge is 2.21. The molecule has 0 saturated carbocycles. The van der Waals surface area contributed by atoms with E-state index in [0.29, 0.717) is 13.2 Å². The summed E-state index contributed by atoms with van der Waals surface area (Å²) in [6, 6.07) is 0. The normalized spacial score (nSPS) is 11.2. The van der Waals surface area contributed by atoms with E-state index in [1.807, 2.05) is 0 Å². The number of nitrogens with one attached hydrogen (secondary N) is 1. The molecule has 0 spiro atoms. The van der Waals surface area contributed by atoms with E-state index in [4.69, 9.17) is 9.47 Å². The van der Waals surface area contributed by atoms with Gasteiger partial charge in [-0.05, 0) is 18.8 Å². The van der Waals surface area contributed by atoms with Crippen LogP contribution in [-0.4, -0.2) is 43.7 Å². The van der Waals surface area contributed by atoms with Crippen LogP contribution in [0.5, 0.6) is 0 Å². The van der Waals surface area contributed by atoms with Gasteiger partial charge in [0.1, 0.15) is 5.69 Å². The minimum Gasteiger partial charge on any atom is -0.461 e. The van der Waals surface area contributed by atoms with E-state index in [-0.39, 0.29) is 28.6 Å². The number of esters is 1. The molecular weight excluding hydrogens is 292 g/mol. The summed E-state index contributed by atoms with van der Waals surface area (Å²) < 4.78 is 9.89. The van der Waals surface area contributed by atoms with Crippen LogP contribution in [-0.2, 0) is 9.47 Å².